The van der Waals surface area contributed by atoms with Crippen molar-refractivity contribution in [2.75, 3.05) is 6.61 Å². The van der Waals surface area contributed by atoms with Crippen molar-refractivity contribution in [2.45, 2.75) is 6.92 Å². The molecule has 0 unspecified atom stereocenters. The van der Waals surface area contributed by atoms with E-state index in [9.17, 15) is 14.8 Å². The molecular weight excluding hydrogens is 309 g/mol. The van der Waals surface area contributed by atoms with Gasteiger partial charge in [0.15, 0.2) is 11.5 Å². The molecule has 0 saturated heterocycles. The number of allylic oxidation sites excluding steroid dienone is 1. The Kier molecular flexibility index (Phi) is 4.17. The molecule has 0 amide bonds. The van der Waals surface area contributed by atoms with Crippen molar-refractivity contribution >= 4 is 22.7 Å². The number of nitriles is 1. The second-order valence-electron chi connectivity index (χ2n) is 5.08. The predicted octanol–water partition coefficient (Wildman–Crippen LogP) is 3.87. The minimum atomic E-state index is -0.375. The molecule has 2 N–H and O–H groups in total. The average Bonchev–Trinajstić information content (AvgIpc) is 2.98. The number of hydrogen-bond acceptors (Lipinski definition) is 4. The van der Waals surface area contributed by atoms with Gasteiger partial charge in [-0.25, -0.2) is 9.37 Å². The standard InChI is InChI=1S/C18H14FN3O2/c1-2-24-17-8-11(3-6-16(17)23)7-12(10-20)18-21-14-5-4-13(19)9-15(14)22-18/h3-9,23H,2H2,1H3,(H,21,22)/b12-7-. The zero-order valence-corrected chi connectivity index (χ0v) is 12.9. The van der Waals surface area contributed by atoms with E-state index in [1.807, 2.05) is 6.92 Å². The van der Waals surface area contributed by atoms with Gasteiger partial charge in [0.1, 0.15) is 17.7 Å². The Labute approximate surface area is 137 Å². The molecule has 0 radical (unpaired) electrons. The molecule has 2 aromatic carbocycles. The molecule has 0 atom stereocenters. The number of aromatic hydroxyl groups is 1. The van der Waals surface area contributed by atoms with Crippen LogP contribution in [0.5, 0.6) is 11.5 Å². The van der Waals surface area contributed by atoms with Crippen LogP contribution in [0.15, 0.2) is 36.4 Å². The second kappa shape index (κ2) is 6.42. The number of aromatic amines is 1. The topological polar surface area (TPSA) is 81.9 Å². The highest BCUT2D eigenvalue weighted by molar-refractivity contribution is 5.90. The van der Waals surface area contributed by atoms with Crippen molar-refractivity contribution in [3.8, 4) is 17.6 Å². The monoisotopic (exact) mass is 323 g/mol. The number of benzene rings is 2. The van der Waals surface area contributed by atoms with E-state index < -0.39 is 0 Å². The zero-order chi connectivity index (χ0) is 17.1. The highest BCUT2D eigenvalue weighted by Gasteiger charge is 2.10. The molecule has 1 heterocycles. The molecule has 0 bridgehead atoms. The maximum atomic E-state index is 13.3. The molecule has 0 aliphatic heterocycles. The lowest BCUT2D eigenvalue weighted by atomic mass is 10.1. The lowest BCUT2D eigenvalue weighted by Crippen LogP contribution is -1.92. The van der Waals surface area contributed by atoms with E-state index in [0.29, 0.717) is 40.4 Å². The molecule has 3 aromatic rings. The molecule has 24 heavy (non-hydrogen) atoms. The maximum Gasteiger partial charge on any atom is 0.161 e. The third-order valence-corrected chi connectivity index (χ3v) is 3.41. The van der Waals surface area contributed by atoms with Crippen LogP contribution in [0.3, 0.4) is 0 Å². The number of phenols is 1. The molecule has 3 rings (SSSR count). The summed E-state index contributed by atoms with van der Waals surface area (Å²) in [5, 5.41) is 19.1. The first-order valence-electron chi connectivity index (χ1n) is 7.34. The van der Waals surface area contributed by atoms with Crippen LogP contribution in [-0.2, 0) is 0 Å². The number of H-pyrrole nitrogens is 1. The largest absolute Gasteiger partial charge is 0.504 e. The number of nitrogens with one attached hydrogen (secondary N) is 1. The highest BCUT2D eigenvalue weighted by atomic mass is 19.1. The average molecular weight is 323 g/mol. The van der Waals surface area contributed by atoms with Crippen LogP contribution in [0.1, 0.15) is 18.3 Å². The Bertz CT molecular complexity index is 970. The van der Waals surface area contributed by atoms with Crippen molar-refractivity contribution in [1.82, 2.24) is 9.97 Å². The SMILES string of the molecule is CCOc1cc(/C=C(/C#N)c2nc3ccc(F)cc3[nH]2)ccc1O. The second-order valence-corrected chi connectivity index (χ2v) is 5.08. The van der Waals surface area contributed by atoms with E-state index in [0.717, 1.165) is 0 Å². The van der Waals surface area contributed by atoms with Crippen LogP contribution < -0.4 is 4.74 Å². The van der Waals surface area contributed by atoms with Gasteiger partial charge in [-0.05, 0) is 48.9 Å². The summed E-state index contributed by atoms with van der Waals surface area (Å²) in [4.78, 5) is 7.24. The molecule has 0 spiro atoms. The van der Waals surface area contributed by atoms with Gasteiger partial charge in [-0.1, -0.05) is 6.07 Å². The van der Waals surface area contributed by atoms with E-state index >= 15 is 0 Å². The van der Waals surface area contributed by atoms with Crippen LogP contribution in [0.25, 0.3) is 22.7 Å². The van der Waals surface area contributed by atoms with Crippen LogP contribution in [-0.4, -0.2) is 21.7 Å². The van der Waals surface area contributed by atoms with E-state index in [1.165, 1.54) is 18.2 Å². The third kappa shape index (κ3) is 3.06. The minimum Gasteiger partial charge on any atom is -0.504 e. The van der Waals surface area contributed by atoms with E-state index in [4.69, 9.17) is 4.74 Å². The van der Waals surface area contributed by atoms with E-state index in [1.54, 1.807) is 24.3 Å². The molecule has 0 aliphatic carbocycles. The van der Waals surface area contributed by atoms with E-state index in [2.05, 4.69) is 16.0 Å². The number of rotatable bonds is 4. The van der Waals surface area contributed by atoms with Crippen molar-refractivity contribution in [2.24, 2.45) is 0 Å². The van der Waals surface area contributed by atoms with Crippen LogP contribution in [0.2, 0.25) is 0 Å². The van der Waals surface area contributed by atoms with Crippen LogP contribution in [0.4, 0.5) is 4.39 Å². The maximum absolute atomic E-state index is 13.3. The summed E-state index contributed by atoms with van der Waals surface area (Å²) in [6, 6.07) is 11.1. The van der Waals surface area contributed by atoms with Crippen molar-refractivity contribution in [3.63, 3.8) is 0 Å². The third-order valence-electron chi connectivity index (χ3n) is 3.41. The first-order chi connectivity index (χ1) is 11.6. The van der Waals surface area contributed by atoms with Crippen molar-refractivity contribution in [3.05, 3.63) is 53.6 Å². The molecule has 0 fully saturated rings. The molecular formula is C18H14FN3O2. The Hall–Kier alpha value is -3.33. The Balaban J connectivity index is 2.02. The summed E-state index contributed by atoms with van der Waals surface area (Å²) in [5.41, 5.74) is 2.07. The van der Waals surface area contributed by atoms with Gasteiger partial charge >= 0.3 is 0 Å². The fourth-order valence-corrected chi connectivity index (χ4v) is 2.32. The van der Waals surface area contributed by atoms with Gasteiger partial charge in [0.25, 0.3) is 0 Å². The smallest absolute Gasteiger partial charge is 0.161 e. The first kappa shape index (κ1) is 15.6. The highest BCUT2D eigenvalue weighted by Crippen LogP contribution is 2.28. The normalized spacial score (nSPS) is 11.5. The molecule has 6 heteroatoms. The summed E-state index contributed by atoms with van der Waals surface area (Å²) < 4.78 is 18.6. The summed E-state index contributed by atoms with van der Waals surface area (Å²) in [6.45, 7) is 2.23. The fraction of sp³-hybridized carbons (Fsp3) is 0.111. The molecule has 0 aliphatic rings. The summed E-state index contributed by atoms with van der Waals surface area (Å²) in [6.07, 6.45) is 1.62. The van der Waals surface area contributed by atoms with E-state index in [-0.39, 0.29) is 11.6 Å². The molecule has 5 nitrogen and oxygen atoms in total. The minimum absolute atomic E-state index is 0.0340. The number of aromatic nitrogens is 2. The fourth-order valence-electron chi connectivity index (χ4n) is 2.32. The molecule has 1 aromatic heterocycles. The van der Waals surface area contributed by atoms with Crippen molar-refractivity contribution < 1.29 is 14.2 Å². The summed E-state index contributed by atoms with van der Waals surface area (Å²) >= 11 is 0. The molecule has 120 valence electrons. The number of ether oxygens (including phenoxy) is 1. The first-order valence-corrected chi connectivity index (χ1v) is 7.34. The van der Waals surface area contributed by atoms with Gasteiger partial charge in [-0.3, -0.25) is 0 Å². The number of imidazole rings is 1. The lowest BCUT2D eigenvalue weighted by molar-refractivity contribution is 0.318. The van der Waals surface area contributed by atoms with Gasteiger partial charge in [0, 0.05) is 0 Å². The number of hydrogen-bond donors (Lipinski definition) is 2. The lowest BCUT2D eigenvalue weighted by Gasteiger charge is -2.06. The van der Waals surface area contributed by atoms with Gasteiger partial charge in [0.05, 0.1) is 23.2 Å². The van der Waals surface area contributed by atoms with Gasteiger partial charge < -0.3 is 14.8 Å². The Morgan fingerprint density at radius 1 is 1.38 bits per heavy atom. The van der Waals surface area contributed by atoms with Crippen molar-refractivity contribution in [1.29, 1.82) is 5.26 Å². The Morgan fingerprint density at radius 3 is 2.96 bits per heavy atom. The van der Waals surface area contributed by atoms with Crippen LogP contribution in [0, 0.1) is 17.1 Å². The Morgan fingerprint density at radius 2 is 2.21 bits per heavy atom. The van der Waals surface area contributed by atoms with Gasteiger partial charge in [0.2, 0.25) is 0 Å². The number of nitrogens with zero attached hydrogens (tertiary/aromatic N) is 2. The predicted molar refractivity (Wildman–Crippen MR) is 88.8 cm³/mol. The molecule has 0 saturated carbocycles. The van der Waals surface area contributed by atoms with Crippen LogP contribution >= 0.6 is 0 Å². The van der Waals surface area contributed by atoms with Gasteiger partial charge in [-0.15, -0.1) is 0 Å². The number of phenolic OH excluding ortho intramolecular Hbond substituents is 1. The quantitative estimate of drug-likeness (QED) is 0.714. The number of halogens is 1. The van der Waals surface area contributed by atoms with Gasteiger partial charge in [-0.2, -0.15) is 5.26 Å². The summed E-state index contributed by atoms with van der Waals surface area (Å²) in [7, 11) is 0. The summed E-state index contributed by atoms with van der Waals surface area (Å²) in [5.74, 6) is 0.353. The number of fused-ring (bicyclic) bond motifs is 1. The zero-order valence-electron chi connectivity index (χ0n) is 12.9.